The fourth-order valence-electron chi connectivity index (χ4n) is 2.24. The predicted molar refractivity (Wildman–Crippen MR) is 79.8 cm³/mol. The number of fused-ring (bicyclic) bond motifs is 1. The summed E-state index contributed by atoms with van der Waals surface area (Å²) in [6.45, 7) is 0.495. The van der Waals surface area contributed by atoms with Crippen LogP contribution in [0, 0.1) is 0 Å². The van der Waals surface area contributed by atoms with Crippen molar-refractivity contribution >= 4 is 26.3 Å². The number of rotatable bonds is 5. The van der Waals surface area contributed by atoms with Crippen LogP contribution in [0.1, 0.15) is 29.5 Å². The Kier molecular flexibility index (Phi) is 4.47. The van der Waals surface area contributed by atoms with Crippen LogP contribution in [0.2, 0.25) is 0 Å². The summed E-state index contributed by atoms with van der Waals surface area (Å²) in [6, 6.07) is 0.401. The molecule has 108 valence electrons. The van der Waals surface area contributed by atoms with Gasteiger partial charge in [0.15, 0.2) is 5.13 Å². The average molecular weight is 303 g/mol. The number of nitrogens with zero attached hydrogens (tertiary/aromatic N) is 2. The van der Waals surface area contributed by atoms with Crippen molar-refractivity contribution in [3.63, 3.8) is 0 Å². The molecule has 19 heavy (non-hydrogen) atoms. The Balaban J connectivity index is 2.11. The summed E-state index contributed by atoms with van der Waals surface area (Å²) in [5.74, 6) is 0.170. The lowest BCUT2D eigenvalue weighted by atomic mass is 9.98. The molecule has 1 aliphatic carbocycles. The molecule has 2 rings (SSSR count). The van der Waals surface area contributed by atoms with Gasteiger partial charge < -0.3 is 10.2 Å². The summed E-state index contributed by atoms with van der Waals surface area (Å²) in [5.41, 5.74) is 1.18. The average Bonchev–Trinajstić information content (AvgIpc) is 2.78. The van der Waals surface area contributed by atoms with Crippen molar-refractivity contribution in [1.82, 2.24) is 10.3 Å². The highest BCUT2D eigenvalue weighted by Gasteiger charge is 2.24. The fourth-order valence-corrected chi connectivity index (χ4v) is 4.09. The summed E-state index contributed by atoms with van der Waals surface area (Å²) < 4.78 is 22.4. The van der Waals surface area contributed by atoms with Crippen LogP contribution in [-0.2, 0) is 16.3 Å². The molecule has 0 aromatic carbocycles. The van der Waals surface area contributed by atoms with Crippen molar-refractivity contribution in [2.24, 2.45) is 0 Å². The Hall–Kier alpha value is -0.660. The highest BCUT2D eigenvalue weighted by atomic mass is 32.2. The number of nitrogens with one attached hydrogen (secondary N) is 1. The van der Waals surface area contributed by atoms with E-state index in [1.54, 1.807) is 11.3 Å². The zero-order chi connectivity index (χ0) is 14.0. The molecule has 0 aliphatic heterocycles. The van der Waals surface area contributed by atoms with E-state index in [2.05, 4.69) is 10.3 Å². The van der Waals surface area contributed by atoms with Crippen molar-refractivity contribution in [3.8, 4) is 0 Å². The summed E-state index contributed by atoms with van der Waals surface area (Å²) in [6.07, 6.45) is 4.61. The third-order valence-corrected chi connectivity index (χ3v) is 5.66. The number of hydrogen-bond donors (Lipinski definition) is 1. The largest absolute Gasteiger partial charge is 0.350 e. The zero-order valence-electron chi connectivity index (χ0n) is 11.6. The van der Waals surface area contributed by atoms with Crippen molar-refractivity contribution in [2.75, 3.05) is 37.5 Å². The van der Waals surface area contributed by atoms with Crippen LogP contribution in [0.15, 0.2) is 0 Å². The smallest absolute Gasteiger partial charge is 0.185 e. The second kappa shape index (κ2) is 5.76. The Bertz CT molecular complexity index is 539. The van der Waals surface area contributed by atoms with Gasteiger partial charge >= 0.3 is 0 Å². The highest BCUT2D eigenvalue weighted by Crippen LogP contribution is 2.36. The Morgan fingerprint density at radius 2 is 2.26 bits per heavy atom. The van der Waals surface area contributed by atoms with E-state index in [0.717, 1.165) is 24.4 Å². The number of aromatic nitrogens is 1. The standard InChI is InChI=1S/C12H21N3O2S2/c1-13-9-5-4-6-10-11(9)18-12(14-10)15(2)7-8-19(3,16)17/h9,13H,4-8H2,1-3H3. The van der Waals surface area contributed by atoms with E-state index in [0.29, 0.717) is 12.6 Å². The number of thiazole rings is 1. The maximum absolute atomic E-state index is 11.2. The normalized spacial score (nSPS) is 19.2. The summed E-state index contributed by atoms with van der Waals surface area (Å²) in [5, 5.41) is 4.25. The SMILES string of the molecule is CNC1CCCc2nc(N(C)CCS(C)(=O)=O)sc21. The lowest BCUT2D eigenvalue weighted by Gasteiger charge is -2.19. The van der Waals surface area contributed by atoms with E-state index >= 15 is 0 Å². The van der Waals surface area contributed by atoms with E-state index in [-0.39, 0.29) is 5.75 Å². The van der Waals surface area contributed by atoms with Crippen LogP contribution >= 0.6 is 11.3 Å². The first kappa shape index (κ1) is 14.7. The molecule has 1 aromatic heterocycles. The lowest BCUT2D eigenvalue weighted by molar-refractivity contribution is 0.501. The molecule has 1 aromatic rings. The molecule has 7 heteroatoms. The van der Waals surface area contributed by atoms with Crippen LogP contribution in [0.5, 0.6) is 0 Å². The van der Waals surface area contributed by atoms with Gasteiger partial charge in [-0.3, -0.25) is 0 Å². The van der Waals surface area contributed by atoms with Gasteiger partial charge in [0.05, 0.1) is 11.4 Å². The molecule has 1 atom stereocenters. The van der Waals surface area contributed by atoms with E-state index in [1.165, 1.54) is 16.8 Å². The molecule has 5 nitrogen and oxygen atoms in total. The van der Waals surface area contributed by atoms with E-state index in [9.17, 15) is 8.42 Å². The summed E-state index contributed by atoms with van der Waals surface area (Å²) >= 11 is 1.68. The maximum atomic E-state index is 11.2. The van der Waals surface area contributed by atoms with Gasteiger partial charge in [-0.2, -0.15) is 0 Å². The van der Waals surface area contributed by atoms with Gasteiger partial charge in [0.25, 0.3) is 0 Å². The first-order valence-corrected chi connectivity index (χ1v) is 9.34. The van der Waals surface area contributed by atoms with Gasteiger partial charge in [0.1, 0.15) is 9.84 Å². The maximum Gasteiger partial charge on any atom is 0.185 e. The topological polar surface area (TPSA) is 62.3 Å². The second-order valence-electron chi connectivity index (χ2n) is 5.09. The number of anilines is 1. The number of aryl methyl sites for hydroxylation is 1. The highest BCUT2D eigenvalue weighted by molar-refractivity contribution is 7.90. The molecule has 1 N–H and O–H groups in total. The minimum absolute atomic E-state index is 0.170. The first-order chi connectivity index (χ1) is 8.90. The number of hydrogen-bond acceptors (Lipinski definition) is 6. The molecule has 1 heterocycles. The Labute approximate surface area is 119 Å². The predicted octanol–water partition coefficient (Wildman–Crippen LogP) is 1.22. The Morgan fingerprint density at radius 3 is 2.89 bits per heavy atom. The summed E-state index contributed by atoms with van der Waals surface area (Å²) in [4.78, 5) is 7.92. The molecule has 0 spiro atoms. The van der Waals surface area contributed by atoms with E-state index in [4.69, 9.17) is 0 Å². The number of sulfone groups is 1. The van der Waals surface area contributed by atoms with Gasteiger partial charge in [0, 0.05) is 30.8 Å². The van der Waals surface area contributed by atoms with E-state index in [1.807, 2.05) is 19.0 Å². The third kappa shape index (κ3) is 3.67. The van der Waals surface area contributed by atoms with Crippen LogP contribution < -0.4 is 10.2 Å². The van der Waals surface area contributed by atoms with E-state index < -0.39 is 9.84 Å². The molecule has 0 saturated carbocycles. The van der Waals surface area contributed by atoms with Crippen molar-refractivity contribution < 1.29 is 8.42 Å². The van der Waals surface area contributed by atoms with Gasteiger partial charge in [-0.1, -0.05) is 11.3 Å². The third-order valence-electron chi connectivity index (χ3n) is 3.41. The fraction of sp³-hybridized carbons (Fsp3) is 0.750. The van der Waals surface area contributed by atoms with Crippen molar-refractivity contribution in [1.29, 1.82) is 0 Å². The molecule has 0 fully saturated rings. The molecular formula is C12H21N3O2S2. The summed E-state index contributed by atoms with van der Waals surface area (Å²) in [7, 11) is 0.963. The van der Waals surface area contributed by atoms with Crippen LogP contribution in [0.25, 0.3) is 0 Å². The molecule has 0 bridgehead atoms. The zero-order valence-corrected chi connectivity index (χ0v) is 13.3. The Morgan fingerprint density at radius 1 is 1.53 bits per heavy atom. The van der Waals surface area contributed by atoms with Gasteiger partial charge in [-0.15, -0.1) is 0 Å². The molecule has 1 unspecified atom stereocenters. The minimum Gasteiger partial charge on any atom is -0.350 e. The van der Waals surface area contributed by atoms with Crippen LogP contribution in [-0.4, -0.2) is 46.1 Å². The van der Waals surface area contributed by atoms with Crippen LogP contribution in [0.3, 0.4) is 0 Å². The minimum atomic E-state index is -2.92. The molecule has 1 aliphatic rings. The van der Waals surface area contributed by atoms with Gasteiger partial charge in [-0.25, -0.2) is 13.4 Å². The molecule has 0 amide bonds. The lowest BCUT2D eigenvalue weighted by Crippen LogP contribution is -2.24. The van der Waals surface area contributed by atoms with Gasteiger partial charge in [0.2, 0.25) is 0 Å². The molecule has 0 saturated heterocycles. The molecule has 0 radical (unpaired) electrons. The molecular weight excluding hydrogens is 282 g/mol. The second-order valence-corrected chi connectivity index (χ2v) is 8.36. The monoisotopic (exact) mass is 303 g/mol. The van der Waals surface area contributed by atoms with Crippen molar-refractivity contribution in [2.45, 2.75) is 25.3 Å². The van der Waals surface area contributed by atoms with Crippen molar-refractivity contribution in [3.05, 3.63) is 10.6 Å². The first-order valence-electron chi connectivity index (χ1n) is 6.46. The van der Waals surface area contributed by atoms with Crippen LogP contribution in [0.4, 0.5) is 5.13 Å². The quantitative estimate of drug-likeness (QED) is 0.886. The van der Waals surface area contributed by atoms with Gasteiger partial charge in [-0.05, 0) is 26.3 Å².